The molecule has 3 heterocycles. The van der Waals surface area contributed by atoms with Crippen molar-refractivity contribution >= 4 is 23.7 Å². The van der Waals surface area contributed by atoms with Gasteiger partial charge in [0.1, 0.15) is 0 Å². The van der Waals surface area contributed by atoms with Crippen LogP contribution in [-0.2, 0) is 6.42 Å². The zero-order chi connectivity index (χ0) is 18.8. The van der Waals surface area contributed by atoms with E-state index in [1.807, 2.05) is 50.5 Å². The second-order valence-electron chi connectivity index (χ2n) is 6.84. The maximum absolute atomic E-state index is 12.0. The summed E-state index contributed by atoms with van der Waals surface area (Å²) >= 11 is 0. The molecule has 5 nitrogen and oxygen atoms in total. The van der Waals surface area contributed by atoms with E-state index < -0.39 is 0 Å². The molecule has 0 fully saturated rings. The minimum atomic E-state index is -0.00628. The number of H-pyrrole nitrogens is 1. The van der Waals surface area contributed by atoms with Crippen molar-refractivity contribution in [3.05, 3.63) is 71.2 Å². The molecule has 2 N–H and O–H groups in total. The van der Waals surface area contributed by atoms with Crippen LogP contribution < -0.4 is 10.2 Å². The van der Waals surface area contributed by atoms with E-state index in [4.69, 9.17) is 0 Å². The van der Waals surface area contributed by atoms with Crippen LogP contribution in [0.2, 0.25) is 0 Å². The van der Waals surface area contributed by atoms with Gasteiger partial charge in [-0.15, -0.1) is 0 Å². The summed E-state index contributed by atoms with van der Waals surface area (Å²) in [6.07, 6.45) is 6.73. The third-order valence-electron chi connectivity index (χ3n) is 4.75. The Morgan fingerprint density at radius 1 is 1.11 bits per heavy atom. The first kappa shape index (κ1) is 17.1. The molecule has 0 unspecified atom stereocenters. The third-order valence-corrected chi connectivity index (χ3v) is 4.75. The van der Waals surface area contributed by atoms with Gasteiger partial charge in [-0.1, -0.05) is 24.3 Å². The highest BCUT2D eigenvalue weighted by Gasteiger charge is 2.19. The van der Waals surface area contributed by atoms with Crippen LogP contribution in [0.25, 0.3) is 23.4 Å². The van der Waals surface area contributed by atoms with Gasteiger partial charge in [0.25, 0.3) is 5.91 Å². The molecule has 0 saturated heterocycles. The SMILES string of the molecule is CN(C)c1ccccc1/C=C/c1cc(-c2cc3c([nH]2)CCNC3=O)ccn1. The minimum Gasteiger partial charge on any atom is -0.377 e. The lowest BCUT2D eigenvalue weighted by Crippen LogP contribution is -2.31. The van der Waals surface area contributed by atoms with Crippen LogP contribution >= 0.6 is 0 Å². The number of fused-ring (bicyclic) bond motifs is 1. The normalized spacial score (nSPS) is 13.5. The molecule has 0 atom stereocenters. The lowest BCUT2D eigenvalue weighted by atomic mass is 10.1. The van der Waals surface area contributed by atoms with Gasteiger partial charge >= 0.3 is 0 Å². The monoisotopic (exact) mass is 358 g/mol. The summed E-state index contributed by atoms with van der Waals surface area (Å²) in [7, 11) is 4.07. The number of rotatable bonds is 4. The first-order valence-electron chi connectivity index (χ1n) is 9.03. The summed E-state index contributed by atoms with van der Waals surface area (Å²) in [5.41, 5.74) is 6.89. The van der Waals surface area contributed by atoms with Crippen LogP contribution in [0.4, 0.5) is 5.69 Å². The Morgan fingerprint density at radius 2 is 1.96 bits per heavy atom. The molecule has 1 aliphatic heterocycles. The zero-order valence-electron chi connectivity index (χ0n) is 15.5. The van der Waals surface area contributed by atoms with Crippen LogP contribution in [0.5, 0.6) is 0 Å². The van der Waals surface area contributed by atoms with Gasteiger partial charge in [-0.3, -0.25) is 9.78 Å². The molecule has 1 aliphatic rings. The molecule has 0 spiro atoms. The molecule has 3 aromatic rings. The number of pyridine rings is 1. The van der Waals surface area contributed by atoms with Crippen molar-refractivity contribution in [2.45, 2.75) is 6.42 Å². The van der Waals surface area contributed by atoms with Crippen molar-refractivity contribution in [3.8, 4) is 11.3 Å². The average molecular weight is 358 g/mol. The van der Waals surface area contributed by atoms with Crippen molar-refractivity contribution in [2.24, 2.45) is 0 Å². The second-order valence-corrected chi connectivity index (χ2v) is 6.84. The zero-order valence-corrected chi connectivity index (χ0v) is 15.5. The predicted molar refractivity (Wildman–Crippen MR) is 110 cm³/mol. The topological polar surface area (TPSA) is 61.0 Å². The first-order chi connectivity index (χ1) is 13.1. The van der Waals surface area contributed by atoms with E-state index in [-0.39, 0.29) is 5.91 Å². The molecule has 0 saturated carbocycles. The molecule has 27 heavy (non-hydrogen) atoms. The molecule has 4 rings (SSSR count). The van der Waals surface area contributed by atoms with Crippen molar-refractivity contribution in [2.75, 3.05) is 25.5 Å². The van der Waals surface area contributed by atoms with E-state index in [0.29, 0.717) is 6.54 Å². The smallest absolute Gasteiger partial charge is 0.253 e. The van der Waals surface area contributed by atoms with Crippen LogP contribution in [0.3, 0.4) is 0 Å². The van der Waals surface area contributed by atoms with Gasteiger partial charge in [0, 0.05) is 55.9 Å². The predicted octanol–water partition coefficient (Wildman–Crippen LogP) is 3.60. The van der Waals surface area contributed by atoms with Crippen molar-refractivity contribution in [1.82, 2.24) is 15.3 Å². The average Bonchev–Trinajstić information content (AvgIpc) is 3.13. The number of nitrogens with zero attached hydrogens (tertiary/aromatic N) is 2. The number of hydrogen-bond acceptors (Lipinski definition) is 3. The third kappa shape index (κ3) is 3.49. The number of amides is 1. The summed E-state index contributed by atoms with van der Waals surface area (Å²) in [6.45, 7) is 0.682. The molecule has 1 amide bonds. The molecule has 2 aromatic heterocycles. The van der Waals surface area contributed by atoms with Gasteiger partial charge in [-0.2, -0.15) is 0 Å². The van der Waals surface area contributed by atoms with Gasteiger partial charge < -0.3 is 15.2 Å². The number of carbonyl (C=O) groups excluding carboxylic acids is 1. The van der Waals surface area contributed by atoms with Crippen LogP contribution in [-0.4, -0.2) is 36.5 Å². The lowest BCUT2D eigenvalue weighted by molar-refractivity contribution is 0.0946. The second kappa shape index (κ2) is 7.11. The fourth-order valence-corrected chi connectivity index (χ4v) is 3.37. The molecular weight excluding hydrogens is 336 g/mol. The Kier molecular flexibility index (Phi) is 4.50. The van der Waals surface area contributed by atoms with Crippen LogP contribution in [0.1, 0.15) is 27.3 Å². The Hall–Kier alpha value is -3.34. The van der Waals surface area contributed by atoms with Gasteiger partial charge in [0.15, 0.2) is 0 Å². The highest BCUT2D eigenvalue weighted by atomic mass is 16.1. The fourth-order valence-electron chi connectivity index (χ4n) is 3.37. The van der Waals surface area contributed by atoms with Crippen molar-refractivity contribution in [1.29, 1.82) is 0 Å². The molecule has 136 valence electrons. The number of aromatic nitrogens is 2. The fraction of sp³-hybridized carbons (Fsp3) is 0.182. The maximum Gasteiger partial charge on any atom is 0.253 e. The van der Waals surface area contributed by atoms with Crippen LogP contribution in [0, 0.1) is 0 Å². The van der Waals surface area contributed by atoms with Crippen molar-refractivity contribution in [3.63, 3.8) is 0 Å². The summed E-state index contributed by atoms with van der Waals surface area (Å²) in [5, 5.41) is 2.88. The quantitative estimate of drug-likeness (QED) is 0.749. The van der Waals surface area contributed by atoms with Crippen LogP contribution in [0.15, 0.2) is 48.7 Å². The number of aromatic amines is 1. The van der Waals surface area contributed by atoms with Gasteiger partial charge in [0.2, 0.25) is 0 Å². The molecule has 1 aromatic carbocycles. The standard InChI is InChI=1S/C22H22N4O/c1-26(2)21-6-4-3-5-15(21)7-8-17-13-16(9-11-23-17)20-14-18-19(25-20)10-12-24-22(18)27/h3-9,11,13-14,25H,10,12H2,1-2H3,(H,24,27)/b8-7+. The molecule has 0 aliphatic carbocycles. The number of hydrogen-bond donors (Lipinski definition) is 2. The van der Waals surface area contributed by atoms with Gasteiger partial charge in [-0.25, -0.2) is 0 Å². The number of nitrogens with one attached hydrogen (secondary N) is 2. The summed E-state index contributed by atoms with van der Waals surface area (Å²) in [4.78, 5) is 21.9. The van der Waals surface area contributed by atoms with Crippen molar-refractivity contribution < 1.29 is 4.79 Å². The minimum absolute atomic E-state index is 0.00628. The summed E-state index contributed by atoms with van der Waals surface area (Å²) in [5.74, 6) is -0.00628. The van der Waals surface area contributed by atoms with E-state index >= 15 is 0 Å². The number of para-hydroxylation sites is 1. The Bertz CT molecular complexity index is 1020. The van der Waals surface area contributed by atoms with E-state index in [1.165, 1.54) is 0 Å². The van der Waals surface area contributed by atoms with Gasteiger partial charge in [0.05, 0.1) is 11.3 Å². The van der Waals surface area contributed by atoms with E-state index in [2.05, 4.69) is 38.4 Å². The molecule has 0 bridgehead atoms. The Labute approximate surface area is 158 Å². The molecular formula is C22H22N4O. The van der Waals surface area contributed by atoms with E-state index in [9.17, 15) is 4.79 Å². The Balaban J connectivity index is 1.63. The van der Waals surface area contributed by atoms with E-state index in [0.717, 1.165) is 45.9 Å². The largest absolute Gasteiger partial charge is 0.377 e. The lowest BCUT2D eigenvalue weighted by Gasteiger charge is -2.15. The van der Waals surface area contributed by atoms with E-state index in [1.54, 1.807) is 6.20 Å². The molecule has 5 heteroatoms. The molecule has 0 radical (unpaired) electrons. The number of carbonyl (C=O) groups is 1. The first-order valence-corrected chi connectivity index (χ1v) is 9.03. The van der Waals surface area contributed by atoms with Gasteiger partial charge in [-0.05, 0) is 35.9 Å². The summed E-state index contributed by atoms with van der Waals surface area (Å²) < 4.78 is 0. The number of anilines is 1. The number of benzene rings is 1. The highest BCUT2D eigenvalue weighted by Crippen LogP contribution is 2.25. The Morgan fingerprint density at radius 3 is 2.78 bits per heavy atom. The summed E-state index contributed by atoms with van der Waals surface area (Å²) in [6, 6.07) is 14.2. The maximum atomic E-state index is 12.0. The highest BCUT2D eigenvalue weighted by molar-refractivity contribution is 5.97.